The Balaban J connectivity index is 1.52. The Morgan fingerprint density at radius 2 is 2.00 bits per heavy atom. The van der Waals surface area contributed by atoms with Crippen LogP contribution in [0.1, 0.15) is 24.4 Å². The van der Waals surface area contributed by atoms with Crippen LogP contribution in [0.2, 0.25) is 0 Å². The molecule has 0 spiro atoms. The van der Waals surface area contributed by atoms with E-state index in [4.69, 9.17) is 0 Å². The molecule has 0 fully saturated rings. The number of carbonyl (C=O) groups excluding carboxylic acids is 1. The largest absolute Gasteiger partial charge is 0.345 e. The molecular weight excluding hydrogens is 314 g/mol. The summed E-state index contributed by atoms with van der Waals surface area (Å²) >= 11 is 0. The number of hydrogen-bond donors (Lipinski definition) is 1. The molecule has 0 unspecified atom stereocenters. The molecule has 126 valence electrons. The molecule has 3 heterocycles. The van der Waals surface area contributed by atoms with Crippen molar-refractivity contribution >= 4 is 22.5 Å². The van der Waals surface area contributed by atoms with Crippen LogP contribution >= 0.6 is 0 Å². The number of aryl methyl sites for hydroxylation is 1. The zero-order chi connectivity index (χ0) is 17.4. The van der Waals surface area contributed by atoms with E-state index in [0.29, 0.717) is 0 Å². The number of benzene rings is 1. The second-order valence-corrected chi connectivity index (χ2v) is 6.23. The minimum Gasteiger partial charge on any atom is -0.345 e. The maximum atomic E-state index is 12.5. The van der Waals surface area contributed by atoms with E-state index in [2.05, 4.69) is 28.5 Å². The van der Waals surface area contributed by atoms with Gasteiger partial charge in [0.15, 0.2) is 11.5 Å². The van der Waals surface area contributed by atoms with E-state index in [9.17, 15) is 4.79 Å². The molecule has 1 amide bonds. The lowest BCUT2D eigenvalue weighted by molar-refractivity contribution is -0.122. The number of nitrogens with one attached hydrogen (secondary N) is 1. The van der Waals surface area contributed by atoms with Crippen LogP contribution in [0.25, 0.3) is 16.6 Å². The van der Waals surface area contributed by atoms with Gasteiger partial charge < -0.3 is 9.88 Å². The van der Waals surface area contributed by atoms with Gasteiger partial charge in [-0.3, -0.25) is 9.20 Å². The predicted molar refractivity (Wildman–Crippen MR) is 96.2 cm³/mol. The van der Waals surface area contributed by atoms with Crippen LogP contribution in [-0.4, -0.2) is 25.1 Å². The van der Waals surface area contributed by atoms with Crippen LogP contribution in [0.15, 0.2) is 54.9 Å². The number of fused-ring (bicyclic) bond motifs is 2. The van der Waals surface area contributed by atoms with Crippen LogP contribution in [0.3, 0.4) is 0 Å². The standard InChI is InChI=1S/C19H19N5O/c1-13-6-5-7-16-15(13)9-11-23(16)12-18(25)20-14(2)19-22-21-17-8-3-4-10-24(17)19/h3-11,14H,12H2,1-2H3,(H,20,25)/t14-/m1/s1. The minimum atomic E-state index is -0.228. The minimum absolute atomic E-state index is 0.0563. The summed E-state index contributed by atoms with van der Waals surface area (Å²) in [5.41, 5.74) is 3.04. The first-order valence-corrected chi connectivity index (χ1v) is 8.27. The van der Waals surface area contributed by atoms with Crippen molar-refractivity contribution in [2.24, 2.45) is 0 Å². The molecule has 0 bridgehead atoms. The molecule has 0 saturated heterocycles. The molecule has 3 aromatic heterocycles. The summed E-state index contributed by atoms with van der Waals surface area (Å²) in [6.45, 7) is 4.26. The van der Waals surface area contributed by atoms with Crippen molar-refractivity contribution in [3.05, 3.63) is 66.2 Å². The van der Waals surface area contributed by atoms with Crippen LogP contribution in [-0.2, 0) is 11.3 Å². The quantitative estimate of drug-likeness (QED) is 0.624. The van der Waals surface area contributed by atoms with Crippen molar-refractivity contribution in [2.75, 3.05) is 0 Å². The van der Waals surface area contributed by atoms with Crippen molar-refractivity contribution in [3.63, 3.8) is 0 Å². The molecular formula is C19H19N5O. The molecule has 6 nitrogen and oxygen atoms in total. The topological polar surface area (TPSA) is 64.2 Å². The summed E-state index contributed by atoms with van der Waals surface area (Å²) in [6, 6.07) is 13.7. The fourth-order valence-electron chi connectivity index (χ4n) is 3.18. The van der Waals surface area contributed by atoms with Crippen molar-refractivity contribution in [3.8, 4) is 0 Å². The van der Waals surface area contributed by atoms with Crippen molar-refractivity contribution in [1.29, 1.82) is 0 Å². The zero-order valence-electron chi connectivity index (χ0n) is 14.2. The van der Waals surface area contributed by atoms with Crippen LogP contribution in [0.5, 0.6) is 0 Å². The highest BCUT2D eigenvalue weighted by Gasteiger charge is 2.16. The highest BCUT2D eigenvalue weighted by atomic mass is 16.2. The van der Waals surface area contributed by atoms with Crippen LogP contribution in [0.4, 0.5) is 0 Å². The van der Waals surface area contributed by atoms with Crippen molar-refractivity contribution in [1.82, 2.24) is 24.5 Å². The number of amides is 1. The molecule has 1 atom stereocenters. The lowest BCUT2D eigenvalue weighted by Gasteiger charge is -2.13. The Morgan fingerprint density at radius 3 is 2.88 bits per heavy atom. The maximum Gasteiger partial charge on any atom is 0.240 e. The highest BCUT2D eigenvalue weighted by molar-refractivity contribution is 5.85. The summed E-state index contributed by atoms with van der Waals surface area (Å²) < 4.78 is 3.85. The van der Waals surface area contributed by atoms with Gasteiger partial charge in [-0.25, -0.2) is 0 Å². The van der Waals surface area contributed by atoms with E-state index in [1.165, 1.54) is 10.9 Å². The Kier molecular flexibility index (Phi) is 3.72. The third-order valence-corrected chi connectivity index (χ3v) is 4.45. The van der Waals surface area contributed by atoms with Crippen LogP contribution < -0.4 is 5.32 Å². The Bertz CT molecular complexity index is 1060. The van der Waals surface area contributed by atoms with Gasteiger partial charge in [0.2, 0.25) is 5.91 Å². The van der Waals surface area contributed by atoms with Gasteiger partial charge in [-0.05, 0) is 43.7 Å². The predicted octanol–water partition coefficient (Wildman–Crippen LogP) is 2.87. The molecule has 0 radical (unpaired) electrons. The molecule has 25 heavy (non-hydrogen) atoms. The van der Waals surface area contributed by atoms with E-state index in [0.717, 1.165) is 17.0 Å². The van der Waals surface area contributed by atoms with E-state index in [1.807, 2.05) is 64.7 Å². The average Bonchev–Trinajstić information content (AvgIpc) is 3.20. The first kappa shape index (κ1) is 15.4. The lowest BCUT2D eigenvalue weighted by Crippen LogP contribution is -2.31. The van der Waals surface area contributed by atoms with Crippen LogP contribution in [0, 0.1) is 6.92 Å². The van der Waals surface area contributed by atoms with E-state index in [-0.39, 0.29) is 18.5 Å². The number of rotatable bonds is 4. The molecule has 0 aliphatic heterocycles. The summed E-state index contributed by atoms with van der Waals surface area (Å²) in [5, 5.41) is 12.5. The Labute approximate surface area is 145 Å². The monoisotopic (exact) mass is 333 g/mol. The molecule has 6 heteroatoms. The number of carbonyl (C=O) groups is 1. The lowest BCUT2D eigenvalue weighted by atomic mass is 10.1. The van der Waals surface area contributed by atoms with Gasteiger partial charge in [0.25, 0.3) is 0 Å². The van der Waals surface area contributed by atoms with E-state index in [1.54, 1.807) is 0 Å². The normalized spacial score (nSPS) is 12.6. The smallest absolute Gasteiger partial charge is 0.240 e. The zero-order valence-corrected chi connectivity index (χ0v) is 14.2. The fraction of sp³-hybridized carbons (Fsp3) is 0.211. The molecule has 0 aliphatic rings. The molecule has 0 aliphatic carbocycles. The maximum absolute atomic E-state index is 12.5. The fourth-order valence-corrected chi connectivity index (χ4v) is 3.18. The van der Waals surface area contributed by atoms with Gasteiger partial charge in [0.05, 0.1) is 6.04 Å². The van der Waals surface area contributed by atoms with Gasteiger partial charge >= 0.3 is 0 Å². The number of hydrogen-bond acceptors (Lipinski definition) is 3. The second-order valence-electron chi connectivity index (χ2n) is 6.23. The Hall–Kier alpha value is -3.15. The number of nitrogens with zero attached hydrogens (tertiary/aromatic N) is 4. The van der Waals surface area contributed by atoms with E-state index >= 15 is 0 Å². The van der Waals surface area contributed by atoms with Gasteiger partial charge in [0.1, 0.15) is 6.54 Å². The summed E-state index contributed by atoms with van der Waals surface area (Å²) in [5.74, 6) is 0.663. The van der Waals surface area contributed by atoms with Gasteiger partial charge in [-0.2, -0.15) is 0 Å². The molecule has 0 saturated carbocycles. The molecule has 1 N–H and O–H groups in total. The first-order chi connectivity index (χ1) is 12.1. The summed E-state index contributed by atoms with van der Waals surface area (Å²) in [7, 11) is 0. The molecule has 4 aromatic rings. The second kappa shape index (κ2) is 6.05. The molecule has 1 aromatic carbocycles. The molecule has 4 rings (SSSR count). The highest BCUT2D eigenvalue weighted by Crippen LogP contribution is 2.19. The van der Waals surface area contributed by atoms with Crippen molar-refractivity contribution in [2.45, 2.75) is 26.4 Å². The Morgan fingerprint density at radius 1 is 1.12 bits per heavy atom. The first-order valence-electron chi connectivity index (χ1n) is 8.27. The third-order valence-electron chi connectivity index (χ3n) is 4.45. The van der Waals surface area contributed by atoms with Gasteiger partial charge in [-0.1, -0.05) is 18.2 Å². The number of aromatic nitrogens is 4. The third kappa shape index (κ3) is 2.76. The number of pyridine rings is 1. The summed E-state index contributed by atoms with van der Waals surface area (Å²) in [6.07, 6.45) is 3.85. The summed E-state index contributed by atoms with van der Waals surface area (Å²) in [4.78, 5) is 12.5. The van der Waals surface area contributed by atoms with Gasteiger partial charge in [0, 0.05) is 23.3 Å². The average molecular weight is 333 g/mol. The van der Waals surface area contributed by atoms with Gasteiger partial charge in [-0.15, -0.1) is 10.2 Å². The SMILES string of the molecule is Cc1cccc2c1ccn2CC(=O)N[C@H](C)c1nnc2ccccn12. The van der Waals surface area contributed by atoms with Crippen molar-refractivity contribution < 1.29 is 4.79 Å². The van der Waals surface area contributed by atoms with E-state index < -0.39 is 0 Å².